The first-order valence-electron chi connectivity index (χ1n) is 6.93. The Morgan fingerprint density at radius 2 is 2.20 bits per heavy atom. The van der Waals surface area contributed by atoms with Crippen LogP contribution in [-0.4, -0.2) is 21.0 Å². The zero-order valence-corrected chi connectivity index (χ0v) is 14.2. The molecular formula is C13H21BrN2O3S. The SMILES string of the molecule is CCC(C)CNS(=O)(=O)c1cc(CNC2CC2)oc1Br. The molecule has 114 valence electrons. The van der Waals surface area contributed by atoms with Crippen LogP contribution in [0.25, 0.3) is 0 Å². The number of hydrogen-bond donors (Lipinski definition) is 2. The Balaban J connectivity index is 2.01. The second-order valence-electron chi connectivity index (χ2n) is 5.37. The molecule has 1 aromatic rings. The summed E-state index contributed by atoms with van der Waals surface area (Å²) in [5, 5.41) is 3.29. The third-order valence-electron chi connectivity index (χ3n) is 3.46. The molecule has 0 amide bonds. The van der Waals surface area contributed by atoms with Crippen molar-refractivity contribution in [2.45, 2.75) is 50.6 Å². The van der Waals surface area contributed by atoms with Crippen LogP contribution in [0.3, 0.4) is 0 Å². The van der Waals surface area contributed by atoms with Crippen molar-refractivity contribution < 1.29 is 12.8 Å². The second-order valence-corrected chi connectivity index (χ2v) is 7.83. The monoisotopic (exact) mass is 364 g/mol. The normalized spacial score (nSPS) is 17.4. The summed E-state index contributed by atoms with van der Waals surface area (Å²) in [5.41, 5.74) is 0. The van der Waals surface area contributed by atoms with Gasteiger partial charge in [0.15, 0.2) is 4.67 Å². The molecule has 1 heterocycles. The molecule has 1 saturated carbocycles. The molecule has 7 heteroatoms. The standard InChI is InChI=1S/C13H21BrN2O3S/c1-3-9(2)7-16-20(17,18)12-6-11(19-13(12)14)8-15-10-4-5-10/h6,9-10,15-16H,3-5,7-8H2,1-2H3. The molecule has 0 spiro atoms. The largest absolute Gasteiger partial charge is 0.452 e. The molecule has 1 fully saturated rings. The molecule has 0 bridgehead atoms. The van der Waals surface area contributed by atoms with Crippen LogP contribution in [-0.2, 0) is 16.6 Å². The minimum Gasteiger partial charge on any atom is -0.452 e. The van der Waals surface area contributed by atoms with Crippen molar-refractivity contribution >= 4 is 26.0 Å². The summed E-state index contributed by atoms with van der Waals surface area (Å²) < 4.78 is 32.8. The third kappa shape index (κ3) is 4.31. The Morgan fingerprint density at radius 3 is 2.80 bits per heavy atom. The highest BCUT2D eigenvalue weighted by molar-refractivity contribution is 9.10. The van der Waals surface area contributed by atoms with Gasteiger partial charge >= 0.3 is 0 Å². The summed E-state index contributed by atoms with van der Waals surface area (Å²) in [6, 6.07) is 2.14. The van der Waals surface area contributed by atoms with Crippen LogP contribution in [0.2, 0.25) is 0 Å². The first-order chi connectivity index (χ1) is 9.42. The average Bonchev–Trinajstić information content (AvgIpc) is 3.16. The summed E-state index contributed by atoms with van der Waals surface area (Å²) in [6.07, 6.45) is 3.30. The van der Waals surface area contributed by atoms with Gasteiger partial charge in [0.2, 0.25) is 10.0 Å². The van der Waals surface area contributed by atoms with E-state index in [4.69, 9.17) is 4.42 Å². The van der Waals surface area contributed by atoms with Gasteiger partial charge in [0.05, 0.1) is 6.54 Å². The summed E-state index contributed by atoms with van der Waals surface area (Å²) in [7, 11) is -3.52. The third-order valence-corrected chi connectivity index (χ3v) is 5.74. The minimum absolute atomic E-state index is 0.174. The highest BCUT2D eigenvalue weighted by Gasteiger charge is 2.24. The predicted octanol–water partition coefficient (Wildman–Crippen LogP) is 2.62. The number of hydrogen-bond acceptors (Lipinski definition) is 4. The topological polar surface area (TPSA) is 71.3 Å². The van der Waals surface area contributed by atoms with Gasteiger partial charge in [0.25, 0.3) is 0 Å². The van der Waals surface area contributed by atoms with E-state index >= 15 is 0 Å². The molecule has 0 aliphatic heterocycles. The van der Waals surface area contributed by atoms with Crippen molar-refractivity contribution in [2.75, 3.05) is 6.54 Å². The zero-order valence-electron chi connectivity index (χ0n) is 11.8. The lowest BCUT2D eigenvalue weighted by Crippen LogP contribution is -2.28. The fourth-order valence-corrected chi connectivity index (χ4v) is 3.84. The van der Waals surface area contributed by atoms with Crippen LogP contribution in [0, 0.1) is 5.92 Å². The summed E-state index contributed by atoms with van der Waals surface area (Å²) in [4.78, 5) is 0.174. The highest BCUT2D eigenvalue weighted by Crippen LogP contribution is 2.27. The van der Waals surface area contributed by atoms with Crippen molar-refractivity contribution in [3.8, 4) is 0 Å². The van der Waals surface area contributed by atoms with E-state index in [0.29, 0.717) is 30.8 Å². The van der Waals surface area contributed by atoms with E-state index in [1.165, 1.54) is 12.8 Å². The van der Waals surface area contributed by atoms with Gasteiger partial charge in [-0.2, -0.15) is 0 Å². The van der Waals surface area contributed by atoms with E-state index in [9.17, 15) is 8.42 Å². The van der Waals surface area contributed by atoms with Gasteiger partial charge in [-0.25, -0.2) is 13.1 Å². The molecule has 0 saturated heterocycles. The van der Waals surface area contributed by atoms with Crippen molar-refractivity contribution in [1.82, 2.24) is 10.0 Å². The van der Waals surface area contributed by atoms with Crippen LogP contribution in [0.15, 0.2) is 20.0 Å². The zero-order chi connectivity index (χ0) is 14.8. The van der Waals surface area contributed by atoms with Gasteiger partial charge in [-0.1, -0.05) is 20.3 Å². The molecule has 2 N–H and O–H groups in total. The summed E-state index contributed by atoms with van der Waals surface area (Å²) in [5.74, 6) is 0.944. The molecular weight excluding hydrogens is 344 g/mol. The number of furan rings is 1. The average molecular weight is 365 g/mol. The first-order valence-corrected chi connectivity index (χ1v) is 9.21. The van der Waals surface area contributed by atoms with Crippen LogP contribution in [0.4, 0.5) is 0 Å². The molecule has 1 aliphatic carbocycles. The van der Waals surface area contributed by atoms with E-state index < -0.39 is 10.0 Å². The lowest BCUT2D eigenvalue weighted by molar-refractivity contribution is 0.459. The van der Waals surface area contributed by atoms with Crippen molar-refractivity contribution in [3.63, 3.8) is 0 Å². The van der Waals surface area contributed by atoms with Gasteiger partial charge in [-0.05, 0) is 34.7 Å². The van der Waals surface area contributed by atoms with Gasteiger partial charge in [0, 0.05) is 18.7 Å². The second kappa shape index (κ2) is 6.60. The molecule has 20 heavy (non-hydrogen) atoms. The van der Waals surface area contributed by atoms with Crippen molar-refractivity contribution in [3.05, 3.63) is 16.5 Å². The maximum atomic E-state index is 12.2. The number of rotatable bonds is 8. The quantitative estimate of drug-likeness (QED) is 0.743. The van der Waals surface area contributed by atoms with Crippen LogP contribution in [0.1, 0.15) is 38.9 Å². The van der Waals surface area contributed by atoms with Crippen LogP contribution in [0.5, 0.6) is 0 Å². The predicted molar refractivity (Wildman–Crippen MR) is 80.9 cm³/mol. The molecule has 1 aromatic heterocycles. The molecule has 5 nitrogen and oxygen atoms in total. The van der Waals surface area contributed by atoms with Gasteiger partial charge in [-0.3, -0.25) is 0 Å². The maximum Gasteiger partial charge on any atom is 0.244 e. The minimum atomic E-state index is -3.52. The van der Waals surface area contributed by atoms with E-state index in [0.717, 1.165) is 6.42 Å². The van der Waals surface area contributed by atoms with E-state index in [1.807, 2.05) is 13.8 Å². The van der Waals surface area contributed by atoms with Gasteiger partial charge < -0.3 is 9.73 Å². The lowest BCUT2D eigenvalue weighted by atomic mass is 10.1. The van der Waals surface area contributed by atoms with Crippen molar-refractivity contribution in [2.24, 2.45) is 5.92 Å². The summed E-state index contributed by atoms with van der Waals surface area (Å²) >= 11 is 3.19. The Morgan fingerprint density at radius 1 is 1.50 bits per heavy atom. The number of nitrogens with one attached hydrogen (secondary N) is 2. The van der Waals surface area contributed by atoms with Crippen LogP contribution < -0.4 is 10.0 Å². The maximum absolute atomic E-state index is 12.2. The van der Waals surface area contributed by atoms with Gasteiger partial charge in [0.1, 0.15) is 10.7 Å². The fraction of sp³-hybridized carbons (Fsp3) is 0.692. The smallest absolute Gasteiger partial charge is 0.244 e. The van der Waals surface area contributed by atoms with Crippen molar-refractivity contribution in [1.29, 1.82) is 0 Å². The fourth-order valence-electron chi connectivity index (χ4n) is 1.67. The number of halogens is 1. The molecule has 1 unspecified atom stereocenters. The molecule has 0 radical (unpaired) electrons. The first kappa shape index (κ1) is 16.0. The Labute approximate surface area is 128 Å². The highest BCUT2D eigenvalue weighted by atomic mass is 79.9. The summed E-state index contributed by atoms with van der Waals surface area (Å²) in [6.45, 7) is 5.04. The van der Waals surface area contributed by atoms with E-state index in [2.05, 4.69) is 26.0 Å². The molecule has 0 aromatic carbocycles. The van der Waals surface area contributed by atoms with E-state index in [-0.39, 0.29) is 9.56 Å². The Kier molecular flexibility index (Phi) is 5.28. The number of sulfonamides is 1. The lowest BCUT2D eigenvalue weighted by Gasteiger charge is -2.09. The molecule has 2 rings (SSSR count). The molecule has 1 aliphatic rings. The Bertz CT molecular complexity index is 552. The van der Waals surface area contributed by atoms with Gasteiger partial charge in [-0.15, -0.1) is 0 Å². The Hall–Kier alpha value is -0.370. The van der Waals surface area contributed by atoms with Crippen LogP contribution >= 0.6 is 15.9 Å². The molecule has 1 atom stereocenters. The van der Waals surface area contributed by atoms with E-state index in [1.54, 1.807) is 6.07 Å².